The zero-order valence-electron chi connectivity index (χ0n) is 10.3. The van der Waals surface area contributed by atoms with Gasteiger partial charge in [-0.1, -0.05) is 19.1 Å². The minimum Gasteiger partial charge on any atom is -0.497 e. The van der Waals surface area contributed by atoms with Gasteiger partial charge in [-0.2, -0.15) is 0 Å². The fourth-order valence-electron chi connectivity index (χ4n) is 1.49. The predicted molar refractivity (Wildman–Crippen MR) is 65.6 cm³/mol. The number of hydrogen-bond donors (Lipinski definition) is 1. The molecule has 0 amide bonds. The van der Waals surface area contributed by atoms with Crippen molar-refractivity contribution < 1.29 is 9.47 Å². The van der Waals surface area contributed by atoms with Gasteiger partial charge in [0, 0.05) is 6.54 Å². The Bertz CT molecular complexity index is 315. The van der Waals surface area contributed by atoms with Crippen LogP contribution in [0.5, 0.6) is 5.75 Å². The fourth-order valence-corrected chi connectivity index (χ4v) is 1.49. The van der Waals surface area contributed by atoms with Crippen LogP contribution in [0, 0.1) is 0 Å². The molecule has 0 saturated heterocycles. The molecule has 0 radical (unpaired) electrons. The summed E-state index contributed by atoms with van der Waals surface area (Å²) in [6.07, 6.45) is 1.16. The lowest BCUT2D eigenvalue weighted by Gasteiger charge is -2.21. The third-order valence-corrected chi connectivity index (χ3v) is 2.65. The SMILES string of the molecule is CCC(C)OC(CN)c1cccc(OC)c1. The van der Waals surface area contributed by atoms with E-state index in [0.717, 1.165) is 17.7 Å². The summed E-state index contributed by atoms with van der Waals surface area (Å²) >= 11 is 0. The average Bonchev–Trinajstić information content (AvgIpc) is 2.35. The summed E-state index contributed by atoms with van der Waals surface area (Å²) in [4.78, 5) is 0. The van der Waals surface area contributed by atoms with E-state index in [1.807, 2.05) is 24.3 Å². The van der Waals surface area contributed by atoms with Crippen LogP contribution in [0.1, 0.15) is 31.9 Å². The second kappa shape index (κ2) is 6.51. The molecule has 3 heteroatoms. The Balaban J connectivity index is 2.77. The quantitative estimate of drug-likeness (QED) is 0.806. The van der Waals surface area contributed by atoms with E-state index < -0.39 is 0 Å². The zero-order chi connectivity index (χ0) is 12.0. The van der Waals surface area contributed by atoms with Crippen molar-refractivity contribution in [2.45, 2.75) is 32.5 Å². The molecule has 0 heterocycles. The number of nitrogens with two attached hydrogens (primary N) is 1. The first-order valence-electron chi connectivity index (χ1n) is 5.70. The van der Waals surface area contributed by atoms with Gasteiger partial charge in [-0.25, -0.2) is 0 Å². The molecular formula is C13H21NO2. The minimum atomic E-state index is -0.0509. The van der Waals surface area contributed by atoms with Gasteiger partial charge in [0.05, 0.1) is 19.3 Å². The summed E-state index contributed by atoms with van der Waals surface area (Å²) in [7, 11) is 1.66. The van der Waals surface area contributed by atoms with Crippen LogP contribution in [0.3, 0.4) is 0 Å². The molecule has 2 atom stereocenters. The molecule has 1 rings (SSSR count). The highest BCUT2D eigenvalue weighted by molar-refractivity contribution is 5.30. The van der Waals surface area contributed by atoms with Crippen LogP contribution in [0.25, 0.3) is 0 Å². The van der Waals surface area contributed by atoms with Crippen LogP contribution in [0.15, 0.2) is 24.3 Å². The number of benzene rings is 1. The van der Waals surface area contributed by atoms with Gasteiger partial charge in [0.15, 0.2) is 0 Å². The van der Waals surface area contributed by atoms with E-state index in [1.54, 1.807) is 7.11 Å². The predicted octanol–water partition coefficient (Wildman–Crippen LogP) is 2.51. The highest BCUT2D eigenvalue weighted by Crippen LogP contribution is 2.22. The summed E-state index contributed by atoms with van der Waals surface area (Å²) in [5, 5.41) is 0. The summed E-state index contributed by atoms with van der Waals surface area (Å²) in [5.41, 5.74) is 6.80. The molecular weight excluding hydrogens is 202 g/mol. The van der Waals surface area contributed by atoms with Gasteiger partial charge >= 0.3 is 0 Å². The summed E-state index contributed by atoms with van der Waals surface area (Å²) in [6.45, 7) is 4.64. The number of rotatable bonds is 6. The van der Waals surface area contributed by atoms with Gasteiger partial charge < -0.3 is 15.2 Å². The summed E-state index contributed by atoms with van der Waals surface area (Å²) in [6, 6.07) is 7.86. The molecule has 1 aromatic carbocycles. The van der Waals surface area contributed by atoms with E-state index in [0.29, 0.717) is 6.54 Å². The van der Waals surface area contributed by atoms with Crippen LogP contribution in [-0.4, -0.2) is 19.8 Å². The molecule has 2 N–H and O–H groups in total. The zero-order valence-corrected chi connectivity index (χ0v) is 10.3. The van der Waals surface area contributed by atoms with E-state index >= 15 is 0 Å². The molecule has 0 aliphatic rings. The second-order valence-electron chi connectivity index (χ2n) is 3.86. The van der Waals surface area contributed by atoms with Crippen LogP contribution in [-0.2, 0) is 4.74 Å². The van der Waals surface area contributed by atoms with Crippen LogP contribution in [0.2, 0.25) is 0 Å². The maximum absolute atomic E-state index is 5.85. The summed E-state index contributed by atoms with van der Waals surface area (Å²) in [5.74, 6) is 0.837. The Labute approximate surface area is 97.6 Å². The molecule has 0 bridgehead atoms. The average molecular weight is 223 g/mol. The smallest absolute Gasteiger partial charge is 0.119 e. The van der Waals surface area contributed by atoms with Crippen LogP contribution >= 0.6 is 0 Å². The van der Waals surface area contributed by atoms with Gasteiger partial charge in [-0.15, -0.1) is 0 Å². The van der Waals surface area contributed by atoms with Crippen molar-refractivity contribution in [1.29, 1.82) is 0 Å². The highest BCUT2D eigenvalue weighted by atomic mass is 16.5. The maximum Gasteiger partial charge on any atom is 0.119 e. The Morgan fingerprint density at radius 3 is 2.69 bits per heavy atom. The molecule has 0 spiro atoms. The number of hydrogen-bond acceptors (Lipinski definition) is 3. The first-order valence-corrected chi connectivity index (χ1v) is 5.70. The van der Waals surface area contributed by atoms with Crippen molar-refractivity contribution in [2.75, 3.05) is 13.7 Å². The molecule has 90 valence electrons. The molecule has 2 unspecified atom stereocenters. The Hall–Kier alpha value is -1.06. The number of methoxy groups -OCH3 is 1. The third kappa shape index (κ3) is 3.51. The normalized spacial score (nSPS) is 14.5. The lowest BCUT2D eigenvalue weighted by molar-refractivity contribution is -0.000116. The Kier molecular flexibility index (Phi) is 5.29. The van der Waals surface area contributed by atoms with Crippen molar-refractivity contribution in [3.63, 3.8) is 0 Å². The van der Waals surface area contributed by atoms with Gasteiger partial charge in [0.25, 0.3) is 0 Å². The molecule has 0 aliphatic carbocycles. The highest BCUT2D eigenvalue weighted by Gasteiger charge is 2.13. The van der Waals surface area contributed by atoms with Crippen LogP contribution < -0.4 is 10.5 Å². The van der Waals surface area contributed by atoms with Gasteiger partial charge in [-0.3, -0.25) is 0 Å². The molecule has 3 nitrogen and oxygen atoms in total. The maximum atomic E-state index is 5.85. The lowest BCUT2D eigenvalue weighted by atomic mass is 10.1. The Morgan fingerprint density at radius 2 is 2.12 bits per heavy atom. The van der Waals surface area contributed by atoms with E-state index in [1.165, 1.54) is 0 Å². The number of ether oxygens (including phenoxy) is 2. The molecule has 0 fully saturated rings. The van der Waals surface area contributed by atoms with Crippen molar-refractivity contribution in [3.05, 3.63) is 29.8 Å². The van der Waals surface area contributed by atoms with Gasteiger partial charge in [0.1, 0.15) is 5.75 Å². The monoisotopic (exact) mass is 223 g/mol. The summed E-state index contributed by atoms with van der Waals surface area (Å²) < 4.78 is 11.0. The lowest BCUT2D eigenvalue weighted by Crippen LogP contribution is -2.20. The van der Waals surface area contributed by atoms with Gasteiger partial charge in [-0.05, 0) is 31.0 Å². The Morgan fingerprint density at radius 1 is 1.38 bits per heavy atom. The van der Waals surface area contributed by atoms with Crippen LogP contribution in [0.4, 0.5) is 0 Å². The molecule has 16 heavy (non-hydrogen) atoms. The molecule has 1 aromatic rings. The standard InChI is InChI=1S/C13H21NO2/c1-4-10(2)16-13(9-14)11-6-5-7-12(8-11)15-3/h5-8,10,13H,4,9,14H2,1-3H3. The molecule has 0 aliphatic heterocycles. The molecule has 0 aromatic heterocycles. The molecule has 0 saturated carbocycles. The largest absolute Gasteiger partial charge is 0.497 e. The van der Waals surface area contributed by atoms with E-state index in [2.05, 4.69) is 13.8 Å². The van der Waals surface area contributed by atoms with Crippen molar-refractivity contribution >= 4 is 0 Å². The first kappa shape index (κ1) is 13.0. The van der Waals surface area contributed by atoms with Crippen molar-refractivity contribution in [2.24, 2.45) is 5.73 Å². The fraction of sp³-hybridized carbons (Fsp3) is 0.538. The van der Waals surface area contributed by atoms with E-state index in [4.69, 9.17) is 15.2 Å². The first-order chi connectivity index (χ1) is 7.71. The van der Waals surface area contributed by atoms with Crippen molar-refractivity contribution in [1.82, 2.24) is 0 Å². The topological polar surface area (TPSA) is 44.5 Å². The van der Waals surface area contributed by atoms with Gasteiger partial charge in [0.2, 0.25) is 0 Å². The third-order valence-electron chi connectivity index (χ3n) is 2.65. The second-order valence-corrected chi connectivity index (χ2v) is 3.86. The van der Waals surface area contributed by atoms with E-state index in [-0.39, 0.29) is 12.2 Å². The minimum absolute atomic E-state index is 0.0509. The van der Waals surface area contributed by atoms with Crippen molar-refractivity contribution in [3.8, 4) is 5.75 Å². The van der Waals surface area contributed by atoms with E-state index in [9.17, 15) is 0 Å².